The number of carbonyl (C=O) groups excluding carboxylic acids is 3. The number of benzene rings is 2. The van der Waals surface area contributed by atoms with Gasteiger partial charge in [0.15, 0.2) is 5.13 Å². The SMILES string of the molecule is O=C(NC1CC1)c1ccc(-c2csc(NC(=O)[C@@H]3COC(CC4CCOCC4)N3C(=O)OCc3ccccc3)n2)cc1. The molecule has 0 spiro atoms. The quantitative estimate of drug-likeness (QED) is 0.367. The van der Waals surface area contributed by atoms with Crippen LogP contribution in [-0.2, 0) is 25.6 Å². The summed E-state index contributed by atoms with van der Waals surface area (Å²) in [5.74, 6) is -0.118. The van der Waals surface area contributed by atoms with Gasteiger partial charge in [0.2, 0.25) is 0 Å². The molecule has 2 aromatic carbocycles. The van der Waals surface area contributed by atoms with Crippen LogP contribution in [-0.4, -0.2) is 65.9 Å². The summed E-state index contributed by atoms with van der Waals surface area (Å²) in [5.41, 5.74) is 2.98. The van der Waals surface area contributed by atoms with Crippen LogP contribution in [0.3, 0.4) is 0 Å². The van der Waals surface area contributed by atoms with E-state index in [0.29, 0.717) is 48.0 Å². The molecule has 2 saturated heterocycles. The number of amides is 3. The number of nitrogens with one attached hydrogen (secondary N) is 2. The maximum atomic E-state index is 13.5. The first-order valence-corrected chi connectivity index (χ1v) is 15.3. The van der Waals surface area contributed by atoms with Crippen molar-refractivity contribution in [3.63, 3.8) is 0 Å². The average Bonchev–Trinajstić information content (AvgIpc) is 3.54. The van der Waals surface area contributed by atoms with Gasteiger partial charge >= 0.3 is 6.09 Å². The lowest BCUT2D eigenvalue weighted by Crippen LogP contribution is -2.48. The highest BCUT2D eigenvalue weighted by Gasteiger charge is 2.44. The molecular formula is C31H34N4O6S. The molecular weight excluding hydrogens is 556 g/mol. The molecule has 11 heteroatoms. The van der Waals surface area contributed by atoms with Crippen molar-refractivity contribution >= 4 is 34.4 Å². The zero-order chi connectivity index (χ0) is 28.9. The maximum Gasteiger partial charge on any atom is 0.412 e. The van der Waals surface area contributed by atoms with Crippen molar-refractivity contribution < 1.29 is 28.6 Å². The number of aromatic nitrogens is 1. The number of rotatable bonds is 9. The van der Waals surface area contributed by atoms with E-state index in [1.165, 1.54) is 16.2 Å². The fourth-order valence-corrected chi connectivity index (χ4v) is 5.92. The van der Waals surface area contributed by atoms with Gasteiger partial charge in [-0.15, -0.1) is 11.3 Å². The highest BCUT2D eigenvalue weighted by atomic mass is 32.1. The summed E-state index contributed by atoms with van der Waals surface area (Å²) in [6.07, 6.45) is 3.31. The Morgan fingerprint density at radius 1 is 1.00 bits per heavy atom. The Labute approximate surface area is 248 Å². The van der Waals surface area contributed by atoms with E-state index in [1.807, 2.05) is 47.8 Å². The molecule has 3 aliphatic rings. The van der Waals surface area contributed by atoms with Crippen LogP contribution in [0.2, 0.25) is 0 Å². The Morgan fingerprint density at radius 3 is 2.50 bits per heavy atom. The first kappa shape index (κ1) is 28.3. The van der Waals surface area contributed by atoms with Crippen LogP contribution in [0.4, 0.5) is 9.93 Å². The van der Waals surface area contributed by atoms with Crippen LogP contribution < -0.4 is 10.6 Å². The monoisotopic (exact) mass is 590 g/mol. The number of hydrogen-bond donors (Lipinski definition) is 2. The van der Waals surface area contributed by atoms with E-state index >= 15 is 0 Å². The van der Waals surface area contributed by atoms with Crippen molar-refractivity contribution in [1.29, 1.82) is 0 Å². The van der Waals surface area contributed by atoms with Crippen LogP contribution in [0, 0.1) is 5.92 Å². The van der Waals surface area contributed by atoms with Gasteiger partial charge in [0, 0.05) is 35.8 Å². The summed E-state index contributed by atoms with van der Waals surface area (Å²) in [5, 5.41) is 8.11. The number of anilines is 1. The summed E-state index contributed by atoms with van der Waals surface area (Å²) in [6, 6.07) is 16.1. The van der Waals surface area contributed by atoms with E-state index in [1.54, 1.807) is 12.1 Å². The third-order valence-corrected chi connectivity index (χ3v) is 8.53. The molecule has 10 nitrogen and oxygen atoms in total. The topological polar surface area (TPSA) is 119 Å². The smallest absolute Gasteiger partial charge is 0.412 e. The minimum Gasteiger partial charge on any atom is -0.444 e. The Balaban J connectivity index is 1.11. The Kier molecular flexibility index (Phi) is 8.78. The minimum absolute atomic E-state index is 0.0722. The van der Waals surface area contributed by atoms with Gasteiger partial charge in [-0.25, -0.2) is 9.78 Å². The van der Waals surface area contributed by atoms with E-state index in [2.05, 4.69) is 15.6 Å². The zero-order valence-electron chi connectivity index (χ0n) is 23.2. The summed E-state index contributed by atoms with van der Waals surface area (Å²) >= 11 is 1.29. The third-order valence-electron chi connectivity index (χ3n) is 7.78. The van der Waals surface area contributed by atoms with Crippen LogP contribution in [0.5, 0.6) is 0 Å². The van der Waals surface area contributed by atoms with Gasteiger partial charge in [0.1, 0.15) is 18.9 Å². The predicted molar refractivity (Wildman–Crippen MR) is 157 cm³/mol. The average molecular weight is 591 g/mol. The molecule has 1 unspecified atom stereocenters. The van der Waals surface area contributed by atoms with Gasteiger partial charge < -0.3 is 24.8 Å². The zero-order valence-corrected chi connectivity index (χ0v) is 24.0. The number of thiazole rings is 1. The van der Waals surface area contributed by atoms with E-state index in [9.17, 15) is 14.4 Å². The first-order valence-electron chi connectivity index (χ1n) is 14.4. The summed E-state index contributed by atoms with van der Waals surface area (Å²) in [7, 11) is 0. The summed E-state index contributed by atoms with van der Waals surface area (Å²) in [4.78, 5) is 45.1. The molecule has 3 heterocycles. The Bertz CT molecular complexity index is 1390. The van der Waals surface area contributed by atoms with Gasteiger partial charge in [-0.05, 0) is 55.7 Å². The normalized spacial score (nSPS) is 20.7. The highest BCUT2D eigenvalue weighted by molar-refractivity contribution is 7.14. The molecule has 220 valence electrons. The molecule has 3 amide bonds. The number of carbonyl (C=O) groups is 3. The molecule has 42 heavy (non-hydrogen) atoms. The Morgan fingerprint density at radius 2 is 1.76 bits per heavy atom. The van der Waals surface area contributed by atoms with Gasteiger partial charge in [0.05, 0.1) is 12.3 Å². The molecule has 2 N–H and O–H groups in total. The molecule has 3 aromatic rings. The molecule has 1 aromatic heterocycles. The molecule has 6 rings (SSSR count). The van der Waals surface area contributed by atoms with Crippen LogP contribution in [0.1, 0.15) is 48.0 Å². The van der Waals surface area contributed by atoms with Gasteiger partial charge in [-0.1, -0.05) is 42.5 Å². The molecule has 3 fully saturated rings. The van der Waals surface area contributed by atoms with Crippen molar-refractivity contribution in [3.05, 3.63) is 71.1 Å². The summed E-state index contributed by atoms with van der Waals surface area (Å²) < 4.78 is 17.1. The third kappa shape index (κ3) is 6.97. The fourth-order valence-electron chi connectivity index (χ4n) is 5.19. The van der Waals surface area contributed by atoms with Crippen molar-refractivity contribution in [2.75, 3.05) is 25.1 Å². The second-order valence-corrected chi connectivity index (χ2v) is 11.8. The van der Waals surface area contributed by atoms with Crippen molar-refractivity contribution in [3.8, 4) is 11.3 Å². The lowest BCUT2D eigenvalue weighted by atomic mass is 9.95. The fraction of sp³-hybridized carbons (Fsp3) is 0.419. The van der Waals surface area contributed by atoms with Crippen LogP contribution in [0.25, 0.3) is 11.3 Å². The second kappa shape index (κ2) is 13.0. The van der Waals surface area contributed by atoms with Crippen molar-refractivity contribution in [1.82, 2.24) is 15.2 Å². The van der Waals surface area contributed by atoms with Gasteiger partial charge in [0.25, 0.3) is 11.8 Å². The lowest BCUT2D eigenvalue weighted by molar-refractivity contribution is -0.120. The highest BCUT2D eigenvalue weighted by Crippen LogP contribution is 2.30. The number of ether oxygens (including phenoxy) is 3. The Hall–Kier alpha value is -3.80. The minimum atomic E-state index is -0.852. The largest absolute Gasteiger partial charge is 0.444 e. The molecule has 1 saturated carbocycles. The van der Waals surface area contributed by atoms with Gasteiger partial charge in [-0.3, -0.25) is 14.5 Å². The predicted octanol–water partition coefficient (Wildman–Crippen LogP) is 4.82. The number of nitrogens with zero attached hydrogens (tertiary/aromatic N) is 2. The molecule has 1 aliphatic carbocycles. The van der Waals surface area contributed by atoms with E-state index in [-0.39, 0.29) is 25.0 Å². The van der Waals surface area contributed by atoms with Gasteiger partial charge in [-0.2, -0.15) is 0 Å². The van der Waals surface area contributed by atoms with Crippen LogP contribution >= 0.6 is 11.3 Å². The van der Waals surface area contributed by atoms with E-state index < -0.39 is 18.4 Å². The van der Waals surface area contributed by atoms with Crippen LogP contribution in [0.15, 0.2) is 60.0 Å². The molecule has 0 bridgehead atoms. The molecule has 2 atom stereocenters. The van der Waals surface area contributed by atoms with Crippen molar-refractivity contribution in [2.24, 2.45) is 5.92 Å². The standard InChI is InChI=1S/C31H34N4O6S/c36-28(32-24-10-11-24)23-8-6-22(7-9-23)25-19-42-30(33-25)34-29(37)26-18-40-27(16-20-12-14-39-15-13-20)35(26)31(38)41-17-21-4-2-1-3-5-21/h1-9,19-20,24,26-27H,10-18H2,(H,32,36)(H,33,34,37)/t26-,27?/m0/s1. The molecule has 0 radical (unpaired) electrons. The number of hydrogen-bond acceptors (Lipinski definition) is 8. The summed E-state index contributed by atoms with van der Waals surface area (Å²) in [6.45, 7) is 1.54. The van der Waals surface area contributed by atoms with E-state index in [4.69, 9.17) is 14.2 Å². The van der Waals surface area contributed by atoms with Crippen molar-refractivity contribution in [2.45, 2.75) is 57.0 Å². The second-order valence-electron chi connectivity index (χ2n) is 10.9. The first-order chi connectivity index (χ1) is 20.5. The lowest BCUT2D eigenvalue weighted by Gasteiger charge is -2.30. The maximum absolute atomic E-state index is 13.5. The van der Waals surface area contributed by atoms with E-state index in [0.717, 1.165) is 36.8 Å². The molecule has 2 aliphatic heterocycles.